The van der Waals surface area contributed by atoms with Gasteiger partial charge in [-0.2, -0.15) is 0 Å². The van der Waals surface area contributed by atoms with Crippen LogP contribution in [0.2, 0.25) is 0 Å². The minimum absolute atomic E-state index is 0.670. The Labute approximate surface area is 26.2 Å². The molecule has 4 heavy (non-hydrogen) atoms. The molecule has 0 aromatic rings. The van der Waals surface area contributed by atoms with Gasteiger partial charge < -0.3 is 0 Å². The summed E-state index contributed by atoms with van der Waals surface area (Å²) >= 11 is 0. The molecule has 0 aromatic carbocycles. The maximum atomic E-state index is 10.3. The molecular weight excluding hydrogens is 78.1 g/mol. The van der Waals surface area contributed by atoms with E-state index in [0.29, 0.717) is 10.2 Å². The highest BCUT2D eigenvalue weighted by atomic mass is 28.1. The van der Waals surface area contributed by atoms with Gasteiger partial charge in [0.05, 0.1) is 6.05 Å². The van der Waals surface area contributed by atoms with Gasteiger partial charge in [-0.3, -0.25) is 8.78 Å². The molecule has 0 aliphatic heterocycles. The SMILES string of the molecule is FC(F)[SiH2-]. The second-order valence-corrected chi connectivity index (χ2v) is 1.01. The number of halogens is 2. The average Bonchev–Trinajstić information content (AvgIpc) is 0.811. The van der Waals surface area contributed by atoms with Crippen molar-refractivity contribution in [1.29, 1.82) is 0 Å². The molecule has 0 saturated carbocycles. The number of rotatable bonds is 0. The fourth-order valence-corrected chi connectivity index (χ4v) is 0. The van der Waals surface area contributed by atoms with Crippen LogP contribution in [0.15, 0.2) is 0 Å². The zero-order valence-corrected chi connectivity index (χ0v) is 3.45. The van der Waals surface area contributed by atoms with E-state index in [9.17, 15) is 8.78 Å². The molecule has 0 aromatic heterocycles. The van der Waals surface area contributed by atoms with Gasteiger partial charge in [0.15, 0.2) is 0 Å². The van der Waals surface area contributed by atoms with Crippen molar-refractivity contribution in [3.05, 3.63) is 0 Å². The first-order valence-electron chi connectivity index (χ1n) is 0.845. The highest BCUT2D eigenvalue weighted by Crippen LogP contribution is 1.76. The third-order valence-electron chi connectivity index (χ3n) is 0. The van der Waals surface area contributed by atoms with E-state index in [1.54, 1.807) is 0 Å². The molecule has 0 rings (SSSR count). The topological polar surface area (TPSA) is 0 Å². The van der Waals surface area contributed by atoms with Crippen molar-refractivity contribution in [3.63, 3.8) is 0 Å². The molecule has 0 saturated heterocycles. The molecule has 0 spiro atoms. The quantitative estimate of drug-likeness (QED) is 0.355. The molecule has 0 unspecified atom stereocenters. The smallest absolute Gasteiger partial charge is 0.0977 e. The third-order valence-corrected chi connectivity index (χ3v) is 0. The van der Waals surface area contributed by atoms with Crippen LogP contribution in [0, 0.1) is 0 Å². The molecule has 0 amide bonds. The number of hydrogen-bond acceptors (Lipinski definition) is 0. The summed E-state index contributed by atoms with van der Waals surface area (Å²) in [5.41, 5.74) is 0. The number of hydrogen-bond donors (Lipinski definition) is 0. The van der Waals surface area contributed by atoms with Crippen LogP contribution in [0.5, 0.6) is 0 Å². The van der Waals surface area contributed by atoms with Crippen molar-refractivity contribution >= 4 is 10.2 Å². The minimum Gasteiger partial charge on any atom is -0.254 e. The van der Waals surface area contributed by atoms with E-state index in [2.05, 4.69) is 0 Å². The largest absolute Gasteiger partial charge is 0.254 e. The Morgan fingerprint density at radius 2 is 1.50 bits per heavy atom. The zero-order chi connectivity index (χ0) is 3.58. The Hall–Kier alpha value is 0.0769. The van der Waals surface area contributed by atoms with Crippen molar-refractivity contribution in [3.8, 4) is 0 Å². The lowest BCUT2D eigenvalue weighted by Gasteiger charge is -1.81. The summed E-state index contributed by atoms with van der Waals surface area (Å²) < 4.78 is 20.7. The first-order valence-corrected chi connectivity index (χ1v) is 1.66. The van der Waals surface area contributed by atoms with Crippen LogP contribution in [0.25, 0.3) is 0 Å². The van der Waals surface area contributed by atoms with E-state index in [4.69, 9.17) is 0 Å². The van der Waals surface area contributed by atoms with E-state index in [-0.39, 0.29) is 0 Å². The van der Waals surface area contributed by atoms with Crippen molar-refractivity contribution < 1.29 is 8.78 Å². The van der Waals surface area contributed by atoms with Gasteiger partial charge in [0.2, 0.25) is 0 Å². The fourth-order valence-electron chi connectivity index (χ4n) is 0. The molecule has 3 heteroatoms. The Morgan fingerprint density at radius 3 is 1.50 bits per heavy atom. The molecule has 0 bridgehead atoms. The van der Waals surface area contributed by atoms with Crippen molar-refractivity contribution in [2.75, 3.05) is 0 Å². The minimum atomic E-state index is -2.14. The predicted octanol–water partition coefficient (Wildman–Crippen LogP) is -0.158. The highest BCUT2D eigenvalue weighted by Gasteiger charge is 1.67. The van der Waals surface area contributed by atoms with Gasteiger partial charge in [-0.25, -0.2) is 10.2 Å². The molecule has 0 aliphatic rings. The second kappa shape index (κ2) is 1.40. The Kier molecular flexibility index (Phi) is 1.43. The van der Waals surface area contributed by atoms with E-state index in [1.165, 1.54) is 0 Å². The summed E-state index contributed by atoms with van der Waals surface area (Å²) in [6.07, 6.45) is 0. The van der Waals surface area contributed by atoms with Gasteiger partial charge in [0.25, 0.3) is 0 Å². The van der Waals surface area contributed by atoms with E-state index in [1.807, 2.05) is 0 Å². The molecular formula is CH3F2Si-. The fraction of sp³-hybridized carbons (Fsp3) is 1.00. The molecule has 0 atom stereocenters. The first kappa shape index (κ1) is 4.08. The molecule has 0 aliphatic carbocycles. The first-order chi connectivity index (χ1) is 1.73. The van der Waals surface area contributed by atoms with E-state index in [0.717, 1.165) is 0 Å². The van der Waals surface area contributed by atoms with Gasteiger partial charge in [-0.15, -0.1) is 0 Å². The predicted molar refractivity (Wildman–Crippen MR) is 14.5 cm³/mol. The maximum Gasteiger partial charge on any atom is 0.0977 e. The van der Waals surface area contributed by atoms with Crippen molar-refractivity contribution in [1.82, 2.24) is 0 Å². The van der Waals surface area contributed by atoms with E-state index >= 15 is 0 Å². The summed E-state index contributed by atoms with van der Waals surface area (Å²) in [6.45, 7) is 0. The Morgan fingerprint density at radius 1 is 1.50 bits per heavy atom. The van der Waals surface area contributed by atoms with Crippen molar-refractivity contribution in [2.24, 2.45) is 0 Å². The summed E-state index contributed by atoms with van der Waals surface area (Å²) in [5, 5.41) is 0. The summed E-state index contributed by atoms with van der Waals surface area (Å²) in [7, 11) is 0.670. The second-order valence-electron chi connectivity index (χ2n) is 0.391. The lowest BCUT2D eigenvalue weighted by molar-refractivity contribution is 0.242. The summed E-state index contributed by atoms with van der Waals surface area (Å²) in [4.78, 5) is 0. The number of alkyl halides is 2. The van der Waals surface area contributed by atoms with Crippen LogP contribution >= 0.6 is 0 Å². The van der Waals surface area contributed by atoms with Crippen LogP contribution in [-0.2, 0) is 0 Å². The summed E-state index contributed by atoms with van der Waals surface area (Å²) in [5.74, 6) is 0. The van der Waals surface area contributed by atoms with Crippen LogP contribution in [0.3, 0.4) is 0 Å². The highest BCUT2D eigenvalue weighted by molar-refractivity contribution is 6.09. The zero-order valence-electron chi connectivity index (χ0n) is 2.04. The van der Waals surface area contributed by atoms with Gasteiger partial charge in [0, 0.05) is 0 Å². The van der Waals surface area contributed by atoms with Crippen LogP contribution < -0.4 is 0 Å². The average molecular weight is 81.1 g/mol. The Balaban J connectivity index is 2.32. The monoisotopic (exact) mass is 81.0 g/mol. The standard InChI is InChI=1S/CH3F2Si/c2-1(3)4/h1H,4H2/q-1. The van der Waals surface area contributed by atoms with Crippen LogP contribution in [-0.4, -0.2) is 16.3 Å². The maximum absolute atomic E-state index is 10.3. The van der Waals surface area contributed by atoms with Crippen LogP contribution in [0.1, 0.15) is 0 Å². The lowest BCUT2D eigenvalue weighted by atomic mass is 11.7. The van der Waals surface area contributed by atoms with Gasteiger partial charge >= 0.3 is 0 Å². The molecule has 0 radical (unpaired) electrons. The summed E-state index contributed by atoms with van der Waals surface area (Å²) in [6, 6.07) is -2.14. The molecule has 0 heterocycles. The Bertz CT molecular complexity index is 10.8. The van der Waals surface area contributed by atoms with Gasteiger partial charge in [-0.05, 0) is 0 Å². The molecule has 0 N–H and O–H groups in total. The van der Waals surface area contributed by atoms with Crippen molar-refractivity contribution in [2.45, 2.75) is 6.05 Å². The van der Waals surface area contributed by atoms with E-state index < -0.39 is 6.05 Å². The third kappa shape index (κ3) is 407. The molecule has 26 valence electrons. The van der Waals surface area contributed by atoms with Gasteiger partial charge in [-0.1, -0.05) is 0 Å². The lowest BCUT2D eigenvalue weighted by Crippen LogP contribution is -1.80. The van der Waals surface area contributed by atoms with Crippen LogP contribution in [0.4, 0.5) is 8.78 Å². The van der Waals surface area contributed by atoms with Gasteiger partial charge in [0.1, 0.15) is 0 Å². The molecule has 0 nitrogen and oxygen atoms in total. The molecule has 0 fully saturated rings. The normalized spacial score (nSPS) is 9.00.